The molecule has 32 heavy (non-hydrogen) atoms. The number of carbonyl (C=O) groups is 1. The van der Waals surface area contributed by atoms with E-state index in [0.29, 0.717) is 30.6 Å². The van der Waals surface area contributed by atoms with Crippen molar-refractivity contribution in [1.82, 2.24) is 14.3 Å². The zero-order chi connectivity index (χ0) is 22.5. The number of imidazole rings is 1. The van der Waals surface area contributed by atoms with Gasteiger partial charge in [0.05, 0.1) is 18.1 Å². The molecular formula is C23H17F4N3O2. The highest BCUT2D eigenvalue weighted by molar-refractivity contribution is 5.93. The first-order valence-corrected chi connectivity index (χ1v) is 9.97. The second-order valence-corrected chi connectivity index (χ2v) is 7.80. The molecule has 0 saturated carbocycles. The summed E-state index contributed by atoms with van der Waals surface area (Å²) in [5.74, 6) is -0.837. The Kier molecular flexibility index (Phi) is 4.76. The lowest BCUT2D eigenvalue weighted by atomic mass is 9.98. The molecule has 1 aromatic carbocycles. The van der Waals surface area contributed by atoms with Crippen LogP contribution >= 0.6 is 0 Å². The molecule has 0 spiro atoms. The minimum Gasteiger partial charge on any atom is -0.472 e. The number of carbonyl (C=O) groups excluding carboxylic acids is 1. The van der Waals surface area contributed by atoms with Crippen molar-refractivity contribution < 1.29 is 26.8 Å². The highest BCUT2D eigenvalue weighted by Crippen LogP contribution is 2.36. The van der Waals surface area contributed by atoms with Gasteiger partial charge in [-0.2, -0.15) is 13.2 Å². The van der Waals surface area contributed by atoms with E-state index < -0.39 is 17.6 Å². The van der Waals surface area contributed by atoms with E-state index in [1.54, 1.807) is 23.1 Å². The van der Waals surface area contributed by atoms with Crippen LogP contribution < -0.4 is 0 Å². The average Bonchev–Trinajstić information content (AvgIpc) is 3.52. The Balaban J connectivity index is 1.47. The van der Waals surface area contributed by atoms with Crippen LogP contribution in [0, 0.1) is 5.82 Å². The molecule has 164 valence electrons. The SMILES string of the molecule is O=C(c1cn2cc(-c3ccoc3)cc(C(F)(F)F)c2n1)N1CCC(c2cccc(F)c2)C1. The summed E-state index contributed by atoms with van der Waals surface area (Å²) in [7, 11) is 0. The highest BCUT2D eigenvalue weighted by atomic mass is 19.4. The van der Waals surface area contributed by atoms with Crippen LogP contribution in [0.4, 0.5) is 17.6 Å². The number of pyridine rings is 1. The Morgan fingerprint density at radius 3 is 2.69 bits per heavy atom. The second kappa shape index (κ2) is 7.51. The van der Waals surface area contributed by atoms with E-state index in [0.717, 1.165) is 11.6 Å². The molecule has 4 heterocycles. The molecule has 3 aromatic heterocycles. The largest absolute Gasteiger partial charge is 0.472 e. The van der Waals surface area contributed by atoms with Crippen molar-refractivity contribution in [2.75, 3.05) is 13.1 Å². The molecule has 0 aliphatic carbocycles. The molecule has 1 unspecified atom stereocenters. The van der Waals surface area contributed by atoms with E-state index in [1.807, 2.05) is 0 Å². The Labute approximate surface area is 179 Å². The predicted octanol–water partition coefficient (Wildman–Crippen LogP) is 5.38. The summed E-state index contributed by atoms with van der Waals surface area (Å²) in [6, 6.07) is 8.77. The van der Waals surface area contributed by atoms with Crippen LogP contribution in [0.25, 0.3) is 16.8 Å². The fourth-order valence-electron chi connectivity index (χ4n) is 4.14. The van der Waals surface area contributed by atoms with E-state index in [2.05, 4.69) is 4.98 Å². The molecule has 5 rings (SSSR count). The third-order valence-electron chi connectivity index (χ3n) is 5.73. The average molecular weight is 443 g/mol. The molecule has 9 heteroatoms. The molecule has 0 bridgehead atoms. The lowest BCUT2D eigenvalue weighted by Gasteiger charge is -2.15. The van der Waals surface area contributed by atoms with Crippen molar-refractivity contribution in [2.24, 2.45) is 0 Å². The Morgan fingerprint density at radius 2 is 1.97 bits per heavy atom. The van der Waals surface area contributed by atoms with Crippen molar-refractivity contribution >= 4 is 11.6 Å². The third-order valence-corrected chi connectivity index (χ3v) is 5.73. The standard InChI is InChI=1S/C23H17F4N3O2/c24-18-3-1-2-14(8-18)15-4-6-29(10-15)22(31)20-12-30-11-17(16-5-7-32-13-16)9-19(21(30)28-20)23(25,26)27/h1-3,5,7-9,11-13,15H,4,6,10H2. The van der Waals surface area contributed by atoms with Crippen LogP contribution in [0.1, 0.15) is 34.0 Å². The van der Waals surface area contributed by atoms with Crippen LogP contribution in [0.3, 0.4) is 0 Å². The van der Waals surface area contributed by atoms with Gasteiger partial charge < -0.3 is 13.7 Å². The Morgan fingerprint density at radius 1 is 1.12 bits per heavy atom. The molecule has 0 radical (unpaired) electrons. The van der Waals surface area contributed by atoms with E-state index in [-0.39, 0.29) is 23.1 Å². The van der Waals surface area contributed by atoms with Crippen LogP contribution in [-0.4, -0.2) is 33.3 Å². The van der Waals surface area contributed by atoms with Crippen LogP contribution in [-0.2, 0) is 6.18 Å². The predicted molar refractivity (Wildman–Crippen MR) is 108 cm³/mol. The number of nitrogens with zero attached hydrogens (tertiary/aromatic N) is 3. The lowest BCUT2D eigenvalue weighted by molar-refractivity contribution is -0.136. The lowest BCUT2D eigenvalue weighted by Crippen LogP contribution is -2.28. The number of hydrogen-bond acceptors (Lipinski definition) is 3. The zero-order valence-corrected chi connectivity index (χ0v) is 16.6. The van der Waals surface area contributed by atoms with Gasteiger partial charge in [0.2, 0.25) is 0 Å². The van der Waals surface area contributed by atoms with Crippen LogP contribution in [0.2, 0.25) is 0 Å². The van der Waals surface area contributed by atoms with Gasteiger partial charge in [0, 0.05) is 42.5 Å². The topological polar surface area (TPSA) is 50.8 Å². The fourth-order valence-corrected chi connectivity index (χ4v) is 4.14. The first kappa shape index (κ1) is 20.3. The van der Waals surface area contributed by atoms with Gasteiger partial charge >= 0.3 is 6.18 Å². The maximum absolute atomic E-state index is 13.7. The number of amides is 1. The fraction of sp³-hybridized carbons (Fsp3) is 0.217. The van der Waals surface area contributed by atoms with Gasteiger partial charge in [-0.3, -0.25) is 4.79 Å². The van der Waals surface area contributed by atoms with Gasteiger partial charge in [-0.15, -0.1) is 0 Å². The smallest absolute Gasteiger partial charge is 0.420 e. The third kappa shape index (κ3) is 3.63. The van der Waals surface area contributed by atoms with E-state index in [4.69, 9.17) is 4.42 Å². The van der Waals surface area contributed by atoms with Crippen molar-refractivity contribution in [2.45, 2.75) is 18.5 Å². The molecular weight excluding hydrogens is 426 g/mol. The summed E-state index contributed by atoms with van der Waals surface area (Å²) in [6.45, 7) is 0.767. The number of fused-ring (bicyclic) bond motifs is 1. The van der Waals surface area contributed by atoms with E-state index in [9.17, 15) is 22.4 Å². The number of halogens is 4. The quantitative estimate of drug-likeness (QED) is 0.400. The first-order valence-electron chi connectivity index (χ1n) is 9.97. The molecule has 1 aliphatic rings. The number of likely N-dealkylation sites (tertiary alicyclic amines) is 1. The number of hydrogen-bond donors (Lipinski definition) is 0. The molecule has 4 aromatic rings. The summed E-state index contributed by atoms with van der Waals surface area (Å²) < 4.78 is 60.9. The monoisotopic (exact) mass is 443 g/mol. The van der Waals surface area contributed by atoms with Gasteiger partial charge in [0.1, 0.15) is 17.2 Å². The molecule has 1 saturated heterocycles. The first-order chi connectivity index (χ1) is 15.3. The number of aromatic nitrogens is 2. The Hall–Kier alpha value is -3.62. The molecule has 1 atom stereocenters. The van der Waals surface area contributed by atoms with Gasteiger partial charge in [-0.1, -0.05) is 12.1 Å². The molecule has 0 N–H and O–H groups in total. The van der Waals surface area contributed by atoms with Gasteiger partial charge in [0.15, 0.2) is 0 Å². The van der Waals surface area contributed by atoms with Crippen LogP contribution in [0.5, 0.6) is 0 Å². The summed E-state index contributed by atoms with van der Waals surface area (Å²) in [5, 5.41) is 0. The van der Waals surface area contributed by atoms with Crippen LogP contribution in [0.15, 0.2) is 65.7 Å². The Bertz CT molecular complexity index is 1290. The maximum Gasteiger partial charge on any atom is 0.420 e. The number of benzene rings is 1. The van der Waals surface area contributed by atoms with Crippen molar-refractivity contribution in [3.8, 4) is 11.1 Å². The summed E-state index contributed by atoms with van der Waals surface area (Å²) in [6.07, 6.45) is 1.51. The van der Waals surface area contributed by atoms with Gasteiger partial charge in [0.25, 0.3) is 5.91 Å². The summed E-state index contributed by atoms with van der Waals surface area (Å²) in [4.78, 5) is 18.6. The minimum absolute atomic E-state index is 0.0369. The number of rotatable bonds is 3. The molecule has 1 aliphatic heterocycles. The maximum atomic E-state index is 13.7. The highest BCUT2D eigenvalue weighted by Gasteiger charge is 2.36. The van der Waals surface area contributed by atoms with Crippen molar-refractivity contribution in [1.29, 1.82) is 0 Å². The van der Waals surface area contributed by atoms with E-state index in [1.165, 1.54) is 41.5 Å². The normalized spacial score (nSPS) is 16.8. The molecule has 1 amide bonds. The summed E-state index contributed by atoms with van der Waals surface area (Å²) in [5.41, 5.74) is 0.223. The molecule has 1 fully saturated rings. The minimum atomic E-state index is -4.65. The van der Waals surface area contributed by atoms with Crippen molar-refractivity contribution in [3.63, 3.8) is 0 Å². The number of alkyl halides is 3. The molecule has 5 nitrogen and oxygen atoms in total. The van der Waals surface area contributed by atoms with Crippen molar-refractivity contribution in [3.05, 3.63) is 84.0 Å². The van der Waals surface area contributed by atoms with Gasteiger partial charge in [-0.25, -0.2) is 9.37 Å². The van der Waals surface area contributed by atoms with E-state index >= 15 is 0 Å². The zero-order valence-electron chi connectivity index (χ0n) is 16.6. The van der Waals surface area contributed by atoms with Gasteiger partial charge in [-0.05, 0) is 36.2 Å². The summed E-state index contributed by atoms with van der Waals surface area (Å²) >= 11 is 0. The number of furan rings is 1. The second-order valence-electron chi connectivity index (χ2n) is 7.80.